The monoisotopic (exact) mass is 793 g/mol. The Hall–Kier alpha value is -2.81. The number of aryl methyl sites for hydroxylation is 1. The maximum Gasteiger partial charge on any atom is 0.519 e. The third-order valence-corrected chi connectivity index (χ3v) is 25.9. The Morgan fingerprint density at radius 3 is 1.85 bits per heavy atom. The van der Waals surface area contributed by atoms with E-state index in [0.29, 0.717) is 12.1 Å². The molecule has 1 saturated heterocycles. The summed E-state index contributed by atoms with van der Waals surface area (Å²) in [6, 6.07) is 8.50. The highest BCUT2D eigenvalue weighted by molar-refractivity contribution is 6.74. The number of nitrogens with two attached hydrogens (primary N) is 1. The van der Waals surface area contributed by atoms with Crippen molar-refractivity contribution < 1.29 is 31.6 Å². The molecule has 17 heteroatoms. The standard InChI is InChI=1S/C36H63N5O9Si3/c1-12-22-40-28-31(38-34(37)39-32(28)44-23-26-25(11)46-36(43)48-26)41(35(40)42)33-30(50-53(19-8,20-9)21-10)29(49-52(16-5,17-6)18-7)27(47-33)24-45-51(13-2,14-3)15-4/h12,27,29-30,33H,1,13-24H2,2-11H3,(H2,37,38,39)/t27-,29-,30-,33-/m1/s1. The molecule has 1 aliphatic rings. The fourth-order valence-electron chi connectivity index (χ4n) is 7.64. The average molecular weight is 794 g/mol. The molecule has 0 radical (unpaired) electrons. The van der Waals surface area contributed by atoms with Gasteiger partial charge in [0.2, 0.25) is 11.8 Å². The Bertz CT molecular complexity index is 1750. The van der Waals surface area contributed by atoms with Crippen LogP contribution < -0.4 is 22.0 Å². The Kier molecular flexibility index (Phi) is 14.8. The smallest absolute Gasteiger partial charge is 0.468 e. The summed E-state index contributed by atoms with van der Waals surface area (Å²) < 4.78 is 48.1. The second-order valence-corrected chi connectivity index (χ2v) is 28.3. The van der Waals surface area contributed by atoms with Crippen molar-refractivity contribution in [1.82, 2.24) is 19.1 Å². The first-order valence-electron chi connectivity index (χ1n) is 19.6. The molecule has 0 unspecified atom stereocenters. The minimum atomic E-state index is -2.33. The molecule has 2 N–H and O–H groups in total. The summed E-state index contributed by atoms with van der Waals surface area (Å²) in [5.74, 6) is -0.449. The van der Waals surface area contributed by atoms with Crippen LogP contribution in [-0.4, -0.2) is 69.0 Å². The number of fused-ring (bicyclic) bond motifs is 1. The first-order chi connectivity index (χ1) is 25.3. The second-order valence-electron chi connectivity index (χ2n) is 14.1. The molecule has 0 bridgehead atoms. The molecule has 3 aromatic rings. The largest absolute Gasteiger partial charge is 0.519 e. The SMILES string of the molecule is C=CCn1c(=O)n([C@@H]2O[C@H](CO[Si](CC)(CC)CC)[C@@H](O[Si](CC)(CC)CC)[C@H]2O[Si](CC)(CC)CC)c2nc(N)nc(OCc3oc(=O)oc3C)c21. The number of nitrogen functional groups attached to an aromatic ring is 1. The highest BCUT2D eigenvalue weighted by atomic mass is 28.4. The molecule has 0 amide bonds. The molecule has 3 aromatic heterocycles. The van der Waals surface area contributed by atoms with Gasteiger partial charge in [-0.25, -0.2) is 14.2 Å². The summed E-state index contributed by atoms with van der Waals surface area (Å²) >= 11 is 0. The zero-order chi connectivity index (χ0) is 39.1. The maximum absolute atomic E-state index is 14.8. The first kappa shape index (κ1) is 42.9. The van der Waals surface area contributed by atoms with Crippen LogP contribution in [0.3, 0.4) is 0 Å². The van der Waals surface area contributed by atoms with Crippen LogP contribution in [0.15, 0.2) is 31.1 Å². The topological polar surface area (TPSA) is 168 Å². The molecule has 0 saturated carbocycles. The van der Waals surface area contributed by atoms with Gasteiger partial charge in [0.25, 0.3) is 0 Å². The second kappa shape index (κ2) is 18.2. The lowest BCUT2D eigenvalue weighted by Gasteiger charge is -2.40. The van der Waals surface area contributed by atoms with Gasteiger partial charge >= 0.3 is 11.5 Å². The molecule has 1 aliphatic heterocycles. The summed E-state index contributed by atoms with van der Waals surface area (Å²) in [5.41, 5.74) is 6.44. The van der Waals surface area contributed by atoms with Gasteiger partial charge in [0.15, 0.2) is 60.5 Å². The lowest BCUT2D eigenvalue weighted by Crippen LogP contribution is -2.53. The zero-order valence-electron chi connectivity index (χ0n) is 33.6. The Morgan fingerprint density at radius 2 is 1.36 bits per heavy atom. The predicted octanol–water partition coefficient (Wildman–Crippen LogP) is 7.49. The van der Waals surface area contributed by atoms with E-state index in [9.17, 15) is 9.59 Å². The number of anilines is 1. The van der Waals surface area contributed by atoms with Crippen LogP contribution in [0, 0.1) is 6.92 Å². The summed E-state index contributed by atoms with van der Waals surface area (Å²) in [6.45, 7) is 25.6. The van der Waals surface area contributed by atoms with E-state index in [2.05, 4.69) is 78.9 Å². The molecule has 0 aliphatic carbocycles. The number of rotatable bonds is 22. The molecule has 53 heavy (non-hydrogen) atoms. The van der Waals surface area contributed by atoms with Gasteiger partial charge in [0, 0.05) is 6.54 Å². The van der Waals surface area contributed by atoms with Gasteiger partial charge in [-0.3, -0.25) is 4.57 Å². The number of imidazole rings is 1. The van der Waals surface area contributed by atoms with Crippen molar-refractivity contribution in [2.24, 2.45) is 0 Å². The average Bonchev–Trinajstić information content (AvgIpc) is 3.77. The zero-order valence-corrected chi connectivity index (χ0v) is 36.6. The van der Waals surface area contributed by atoms with Crippen molar-refractivity contribution in [3.8, 4) is 5.88 Å². The molecule has 4 rings (SSSR count). The minimum absolute atomic E-state index is 0.0370. The van der Waals surface area contributed by atoms with Gasteiger partial charge in [-0.2, -0.15) is 9.97 Å². The fraction of sp³-hybridized carbons (Fsp3) is 0.722. The van der Waals surface area contributed by atoms with E-state index < -0.39 is 61.0 Å². The Morgan fingerprint density at radius 1 is 0.811 bits per heavy atom. The fourth-order valence-corrected chi connectivity index (χ4v) is 16.0. The Balaban J connectivity index is 1.97. The third kappa shape index (κ3) is 8.70. The number of allylic oxidation sites excluding steroid dienone is 1. The molecule has 298 valence electrons. The van der Waals surface area contributed by atoms with Crippen LogP contribution in [0.1, 0.15) is 80.1 Å². The normalized spacial score (nSPS) is 19.7. The van der Waals surface area contributed by atoms with Gasteiger partial charge in [-0.1, -0.05) is 68.4 Å². The van der Waals surface area contributed by atoms with Gasteiger partial charge < -0.3 is 37.3 Å². The van der Waals surface area contributed by atoms with Crippen molar-refractivity contribution in [3.63, 3.8) is 0 Å². The molecule has 1 fully saturated rings. The third-order valence-electron chi connectivity index (χ3n) is 11.9. The van der Waals surface area contributed by atoms with E-state index in [1.54, 1.807) is 13.0 Å². The van der Waals surface area contributed by atoms with Crippen LogP contribution in [-0.2, 0) is 31.2 Å². The number of aromatic nitrogens is 4. The van der Waals surface area contributed by atoms with E-state index >= 15 is 0 Å². The van der Waals surface area contributed by atoms with Crippen molar-refractivity contribution in [3.05, 3.63) is 45.3 Å². The molecule has 0 spiro atoms. The quantitative estimate of drug-likeness (QED) is 0.0787. The number of nitrogens with zero attached hydrogens (tertiary/aromatic N) is 4. The number of hydrogen-bond acceptors (Lipinski definition) is 12. The molecule has 4 atom stereocenters. The van der Waals surface area contributed by atoms with Crippen LogP contribution in [0.2, 0.25) is 54.4 Å². The van der Waals surface area contributed by atoms with Crippen LogP contribution in [0.25, 0.3) is 11.2 Å². The van der Waals surface area contributed by atoms with Crippen LogP contribution in [0.5, 0.6) is 5.88 Å². The van der Waals surface area contributed by atoms with Gasteiger partial charge in [0.05, 0.1) is 6.61 Å². The van der Waals surface area contributed by atoms with E-state index in [4.69, 9.17) is 37.3 Å². The number of ether oxygens (including phenoxy) is 2. The summed E-state index contributed by atoms with van der Waals surface area (Å²) in [6.07, 6.45) is -0.903. The lowest BCUT2D eigenvalue weighted by atomic mass is 10.1. The van der Waals surface area contributed by atoms with Crippen LogP contribution >= 0.6 is 0 Å². The maximum atomic E-state index is 14.8. The predicted molar refractivity (Wildman–Crippen MR) is 214 cm³/mol. The van der Waals surface area contributed by atoms with E-state index in [0.717, 1.165) is 54.4 Å². The molecular weight excluding hydrogens is 731 g/mol. The minimum Gasteiger partial charge on any atom is -0.468 e. The van der Waals surface area contributed by atoms with Crippen molar-refractivity contribution in [1.29, 1.82) is 0 Å². The van der Waals surface area contributed by atoms with Crippen molar-refractivity contribution in [2.75, 3.05) is 12.3 Å². The van der Waals surface area contributed by atoms with Crippen molar-refractivity contribution >= 4 is 42.1 Å². The van der Waals surface area contributed by atoms with Gasteiger partial charge in [0.1, 0.15) is 18.3 Å². The first-order valence-corrected chi connectivity index (χ1v) is 27.2. The molecular formula is C36H63N5O9Si3. The summed E-state index contributed by atoms with van der Waals surface area (Å²) in [7, 11) is -6.60. The van der Waals surface area contributed by atoms with Gasteiger partial charge in [-0.15, -0.1) is 6.58 Å². The lowest BCUT2D eigenvalue weighted by molar-refractivity contribution is -0.0482. The summed E-state index contributed by atoms with van der Waals surface area (Å²) in [5, 5.41) is 0. The van der Waals surface area contributed by atoms with E-state index in [-0.39, 0.29) is 42.1 Å². The molecule has 0 aromatic carbocycles. The number of hydrogen-bond donors (Lipinski definition) is 1. The van der Waals surface area contributed by atoms with Gasteiger partial charge in [-0.05, 0) is 61.3 Å². The highest BCUT2D eigenvalue weighted by Crippen LogP contribution is 2.42. The van der Waals surface area contributed by atoms with Crippen molar-refractivity contribution in [2.45, 2.75) is 161 Å². The van der Waals surface area contributed by atoms with E-state index in [1.807, 2.05) is 0 Å². The molecule has 14 nitrogen and oxygen atoms in total. The summed E-state index contributed by atoms with van der Waals surface area (Å²) in [4.78, 5) is 35.5. The van der Waals surface area contributed by atoms with E-state index in [1.165, 1.54) is 9.13 Å². The Labute approximate surface area is 316 Å². The highest BCUT2D eigenvalue weighted by Gasteiger charge is 2.54. The molecule has 4 heterocycles. The van der Waals surface area contributed by atoms with Crippen LogP contribution in [0.4, 0.5) is 5.95 Å².